The predicted octanol–water partition coefficient (Wildman–Crippen LogP) is 0.730. The minimum absolute atomic E-state index is 0.0691. The average molecular weight is 507 g/mol. The first-order valence-corrected chi connectivity index (χ1v) is 13.0. The molecule has 2 fully saturated rings. The maximum Gasteiger partial charge on any atom is 0.336 e. The van der Waals surface area contributed by atoms with Gasteiger partial charge in [0.25, 0.3) is 0 Å². The number of aliphatic hydroxyl groups is 3. The molecule has 0 amide bonds. The number of esters is 1. The molecule has 9 heteroatoms. The molecule has 4 aliphatic rings. The molecule has 8 atom stereocenters. The molecule has 9 nitrogen and oxygen atoms in total. The highest BCUT2D eigenvalue weighted by molar-refractivity contribution is 6.04. The van der Waals surface area contributed by atoms with Gasteiger partial charge in [0.2, 0.25) is 0 Å². The first-order chi connectivity index (χ1) is 16.9. The molecule has 3 N–H and O–H groups in total. The largest absolute Gasteiger partial charge is 0.456 e. The summed E-state index contributed by atoms with van der Waals surface area (Å²) in [6.07, 6.45) is 0.117. The van der Waals surface area contributed by atoms with E-state index < -0.39 is 52.9 Å². The Hall–Kier alpha value is -1.78. The van der Waals surface area contributed by atoms with Gasteiger partial charge < -0.3 is 34.6 Å². The van der Waals surface area contributed by atoms with Crippen molar-refractivity contribution in [2.45, 2.75) is 63.9 Å². The summed E-state index contributed by atoms with van der Waals surface area (Å²) in [5.74, 6) is -2.19. The van der Waals surface area contributed by atoms with E-state index in [0.29, 0.717) is 37.0 Å². The van der Waals surface area contributed by atoms with Crippen LogP contribution >= 0.6 is 0 Å². The molecule has 0 bridgehead atoms. The van der Waals surface area contributed by atoms with Crippen LogP contribution in [0.5, 0.6) is 0 Å². The molecule has 0 aromatic heterocycles. The van der Waals surface area contributed by atoms with Gasteiger partial charge in [-0.1, -0.05) is 13.8 Å². The number of methoxy groups -OCH3 is 1. The molecular weight excluding hydrogens is 464 g/mol. The van der Waals surface area contributed by atoms with Crippen molar-refractivity contribution in [3.63, 3.8) is 0 Å². The van der Waals surface area contributed by atoms with Gasteiger partial charge in [0.15, 0.2) is 5.78 Å². The van der Waals surface area contributed by atoms with Crippen LogP contribution in [0, 0.1) is 22.7 Å². The van der Waals surface area contributed by atoms with Crippen molar-refractivity contribution in [1.82, 2.24) is 9.80 Å². The van der Waals surface area contributed by atoms with Crippen LogP contribution in [0.15, 0.2) is 22.9 Å². The number of hydrogen-bond donors (Lipinski definition) is 3. The van der Waals surface area contributed by atoms with E-state index in [9.17, 15) is 24.9 Å². The van der Waals surface area contributed by atoms with Gasteiger partial charge in [-0.15, -0.1) is 0 Å². The van der Waals surface area contributed by atoms with Gasteiger partial charge in [-0.2, -0.15) is 0 Å². The number of aliphatic hydroxyl groups excluding tert-OH is 3. The molecule has 0 aromatic carbocycles. The molecule has 36 heavy (non-hydrogen) atoms. The predicted molar refractivity (Wildman–Crippen MR) is 133 cm³/mol. The highest BCUT2D eigenvalue weighted by Gasteiger charge is 2.66. The lowest BCUT2D eigenvalue weighted by Gasteiger charge is -2.57. The molecule has 3 aliphatic carbocycles. The first kappa shape index (κ1) is 27.3. The summed E-state index contributed by atoms with van der Waals surface area (Å²) in [6, 6.07) is 0. The van der Waals surface area contributed by atoms with E-state index in [4.69, 9.17) is 9.47 Å². The third kappa shape index (κ3) is 4.13. The smallest absolute Gasteiger partial charge is 0.336 e. The van der Waals surface area contributed by atoms with E-state index in [1.54, 1.807) is 6.20 Å². The Morgan fingerprint density at radius 1 is 1.11 bits per heavy atom. The maximum atomic E-state index is 13.8. The van der Waals surface area contributed by atoms with Crippen LogP contribution in [0.1, 0.15) is 39.5 Å². The summed E-state index contributed by atoms with van der Waals surface area (Å²) in [6.45, 7) is 5.41. The Morgan fingerprint density at radius 3 is 2.44 bits per heavy atom. The van der Waals surface area contributed by atoms with E-state index in [1.165, 1.54) is 7.11 Å². The standard InChI is InChI=1S/C27H42N2O7/c1-26-12-17(30)22-20(16(26)8-9-18(26)31)23(32)24(33)21-15(13-29(5)11-7-10-28(3)4)25(34)36-19(14-35-6)27(21,22)2/h13,16-19,21,24,30-31,33H,7-12,14H2,1-6H3/t16?,17-,18+,19-,21?,24?,26+,27-/m1/s1. The fraction of sp³-hybridized carbons (Fsp3) is 0.778. The number of fused-ring (bicyclic) bond motifs is 4. The van der Waals surface area contributed by atoms with Gasteiger partial charge in [-0.25, -0.2) is 4.79 Å². The highest BCUT2D eigenvalue weighted by atomic mass is 16.6. The van der Waals surface area contributed by atoms with Crippen molar-refractivity contribution >= 4 is 11.8 Å². The van der Waals surface area contributed by atoms with Crippen LogP contribution in [-0.4, -0.2) is 109 Å². The Labute approximate surface area is 213 Å². The van der Waals surface area contributed by atoms with Crippen molar-refractivity contribution in [2.24, 2.45) is 22.7 Å². The molecule has 0 spiro atoms. The Balaban J connectivity index is 1.83. The van der Waals surface area contributed by atoms with Crippen molar-refractivity contribution < 1.29 is 34.4 Å². The van der Waals surface area contributed by atoms with Gasteiger partial charge in [-0.05, 0) is 57.8 Å². The molecule has 1 saturated carbocycles. The van der Waals surface area contributed by atoms with E-state index >= 15 is 0 Å². The SMILES string of the molecule is COC[C@H]1OC(=O)C(=CN(C)CCCN(C)C)C2C(O)C(=O)C3=C([C@H](O)C[C@@]4(C)C3CC[C@@H]4O)[C@@]21C. The number of Topliss-reactive ketones (excluding diaryl/α,β-unsaturated/α-hetero) is 1. The summed E-state index contributed by atoms with van der Waals surface area (Å²) in [5, 5.41) is 33.8. The van der Waals surface area contributed by atoms with Crippen LogP contribution in [0.2, 0.25) is 0 Å². The zero-order valence-electron chi connectivity index (χ0n) is 22.4. The number of rotatable bonds is 7. The zero-order chi connectivity index (χ0) is 26.6. The zero-order valence-corrected chi connectivity index (χ0v) is 22.4. The quantitative estimate of drug-likeness (QED) is 0.339. The minimum atomic E-state index is -1.46. The average Bonchev–Trinajstić information content (AvgIpc) is 3.08. The first-order valence-electron chi connectivity index (χ1n) is 13.0. The number of cyclic esters (lactones) is 1. The van der Waals surface area contributed by atoms with Crippen LogP contribution < -0.4 is 0 Å². The van der Waals surface area contributed by atoms with Gasteiger partial charge in [0.1, 0.15) is 12.2 Å². The molecule has 0 aromatic rings. The second-order valence-electron chi connectivity index (χ2n) is 11.8. The number of ether oxygens (including phenoxy) is 2. The summed E-state index contributed by atoms with van der Waals surface area (Å²) in [7, 11) is 7.36. The lowest BCUT2D eigenvalue weighted by Crippen LogP contribution is -2.63. The van der Waals surface area contributed by atoms with Crippen molar-refractivity contribution in [3.8, 4) is 0 Å². The normalized spacial score (nSPS) is 41.3. The summed E-state index contributed by atoms with van der Waals surface area (Å²) < 4.78 is 11.3. The molecule has 0 radical (unpaired) electrons. The third-order valence-electron chi connectivity index (χ3n) is 9.25. The van der Waals surface area contributed by atoms with Gasteiger partial charge in [-0.3, -0.25) is 4.79 Å². The number of ketones is 1. The monoisotopic (exact) mass is 506 g/mol. The van der Waals surface area contributed by atoms with Gasteiger partial charge >= 0.3 is 5.97 Å². The Kier molecular flexibility index (Phi) is 7.45. The summed E-state index contributed by atoms with van der Waals surface area (Å²) >= 11 is 0. The number of carbonyl (C=O) groups is 2. The minimum Gasteiger partial charge on any atom is -0.456 e. The second-order valence-corrected chi connectivity index (χ2v) is 11.8. The van der Waals surface area contributed by atoms with Gasteiger partial charge in [0.05, 0.1) is 24.4 Å². The van der Waals surface area contributed by atoms with Crippen LogP contribution in [-0.2, 0) is 19.1 Å². The molecule has 202 valence electrons. The van der Waals surface area contributed by atoms with E-state index in [2.05, 4.69) is 4.90 Å². The van der Waals surface area contributed by atoms with Crippen LogP contribution in [0.25, 0.3) is 0 Å². The molecule has 1 saturated heterocycles. The third-order valence-corrected chi connectivity index (χ3v) is 9.25. The fourth-order valence-electron chi connectivity index (χ4n) is 7.36. The lowest BCUT2D eigenvalue weighted by molar-refractivity contribution is -0.176. The second kappa shape index (κ2) is 9.83. The summed E-state index contributed by atoms with van der Waals surface area (Å²) in [4.78, 5) is 31.0. The van der Waals surface area contributed by atoms with E-state index in [-0.39, 0.29) is 18.1 Å². The number of hydrogen-bond acceptors (Lipinski definition) is 9. The molecular formula is C27H42N2O7. The molecule has 3 unspecified atom stereocenters. The number of carbonyl (C=O) groups excluding carboxylic acids is 2. The van der Waals surface area contributed by atoms with E-state index in [0.717, 1.165) is 13.0 Å². The fourth-order valence-corrected chi connectivity index (χ4v) is 7.36. The van der Waals surface area contributed by atoms with Crippen molar-refractivity contribution in [1.29, 1.82) is 0 Å². The van der Waals surface area contributed by atoms with Crippen LogP contribution in [0.4, 0.5) is 0 Å². The Morgan fingerprint density at radius 2 is 1.81 bits per heavy atom. The van der Waals surface area contributed by atoms with E-state index in [1.807, 2.05) is 39.9 Å². The maximum absolute atomic E-state index is 13.8. The molecule has 1 aliphatic heterocycles. The van der Waals surface area contributed by atoms with Crippen LogP contribution in [0.3, 0.4) is 0 Å². The summed E-state index contributed by atoms with van der Waals surface area (Å²) in [5.41, 5.74) is -0.509. The highest BCUT2D eigenvalue weighted by Crippen LogP contribution is 2.63. The van der Waals surface area contributed by atoms with Crippen molar-refractivity contribution in [2.75, 3.05) is 47.9 Å². The van der Waals surface area contributed by atoms with Crippen molar-refractivity contribution in [3.05, 3.63) is 22.9 Å². The van der Waals surface area contributed by atoms with Gasteiger partial charge in [0, 0.05) is 49.2 Å². The topological polar surface area (TPSA) is 120 Å². The Bertz CT molecular complexity index is 962. The molecule has 1 heterocycles. The number of nitrogens with zero attached hydrogens (tertiary/aromatic N) is 2. The molecule has 4 rings (SSSR count). The lowest BCUT2D eigenvalue weighted by atomic mass is 9.50.